The number of esters is 1. The molecule has 1 aromatic carbocycles. The first kappa shape index (κ1) is 24.7. The summed E-state index contributed by atoms with van der Waals surface area (Å²) in [6.07, 6.45) is 0. The minimum absolute atomic E-state index is 0.0700. The second kappa shape index (κ2) is 10.8. The average molecular weight is 487 g/mol. The van der Waals surface area contributed by atoms with Crippen LogP contribution in [0.15, 0.2) is 29.4 Å². The molecule has 174 valence electrons. The Bertz CT molecular complexity index is 1200. The number of thiophene rings is 1. The lowest BCUT2D eigenvalue weighted by molar-refractivity contribution is -0.113. The van der Waals surface area contributed by atoms with Gasteiger partial charge in [0.2, 0.25) is 5.91 Å². The van der Waals surface area contributed by atoms with E-state index >= 15 is 0 Å². The Morgan fingerprint density at radius 3 is 2.52 bits per heavy atom. The molecule has 1 N–H and O–H groups in total. The van der Waals surface area contributed by atoms with Gasteiger partial charge in [-0.05, 0) is 45.7 Å². The van der Waals surface area contributed by atoms with E-state index in [1.54, 1.807) is 13.8 Å². The van der Waals surface area contributed by atoms with E-state index in [4.69, 9.17) is 4.74 Å². The van der Waals surface area contributed by atoms with Gasteiger partial charge >= 0.3 is 5.97 Å². The highest BCUT2D eigenvalue weighted by molar-refractivity contribution is 7.99. The molecule has 10 heteroatoms. The summed E-state index contributed by atoms with van der Waals surface area (Å²) in [5, 5.41) is 12.3. The van der Waals surface area contributed by atoms with Crippen molar-refractivity contribution in [2.24, 2.45) is 0 Å². The molecule has 2 heterocycles. The number of ketones is 1. The molecule has 8 nitrogen and oxygen atoms in total. The number of benzene rings is 1. The van der Waals surface area contributed by atoms with Gasteiger partial charge in [-0.15, -0.1) is 21.5 Å². The lowest BCUT2D eigenvalue weighted by Gasteiger charge is -2.09. The maximum atomic E-state index is 12.7. The third kappa shape index (κ3) is 5.33. The Morgan fingerprint density at radius 1 is 1.15 bits per heavy atom. The van der Waals surface area contributed by atoms with Gasteiger partial charge in [0.25, 0.3) is 0 Å². The van der Waals surface area contributed by atoms with Crippen LogP contribution >= 0.6 is 23.1 Å². The summed E-state index contributed by atoms with van der Waals surface area (Å²) in [5.41, 5.74) is 2.83. The molecule has 0 aliphatic rings. The predicted molar refractivity (Wildman–Crippen MR) is 130 cm³/mol. The zero-order valence-electron chi connectivity index (χ0n) is 19.2. The van der Waals surface area contributed by atoms with Crippen LogP contribution in [0.25, 0.3) is 11.4 Å². The van der Waals surface area contributed by atoms with Crippen LogP contribution in [-0.4, -0.2) is 44.8 Å². The fraction of sp³-hybridized carbons (Fsp3) is 0.348. The standard InChI is InChI=1S/C23H26N4O4S2/c1-6-27-20(16-11-9-8-10-13(16)3)25-26-23(27)32-12-17(29)24-21-18(22(30)31-7-2)14(4)19(33-21)15(5)28/h8-11H,6-7,12H2,1-5H3,(H,24,29). The lowest BCUT2D eigenvalue weighted by Crippen LogP contribution is -2.17. The van der Waals surface area contributed by atoms with Gasteiger partial charge in [-0.2, -0.15) is 0 Å². The van der Waals surface area contributed by atoms with Gasteiger partial charge in [0.15, 0.2) is 16.8 Å². The molecule has 0 aliphatic heterocycles. The number of hydrogen-bond acceptors (Lipinski definition) is 8. The number of Topliss-reactive ketones (excluding diaryl/α,β-unsaturated/α-hetero) is 1. The third-order valence-electron chi connectivity index (χ3n) is 4.95. The molecule has 0 bridgehead atoms. The van der Waals surface area contributed by atoms with E-state index in [9.17, 15) is 14.4 Å². The molecule has 0 atom stereocenters. The number of carbonyl (C=O) groups excluding carboxylic acids is 3. The molecule has 3 aromatic rings. The van der Waals surface area contributed by atoms with Crippen LogP contribution in [-0.2, 0) is 16.1 Å². The van der Waals surface area contributed by atoms with Gasteiger partial charge in [-0.25, -0.2) is 4.79 Å². The largest absolute Gasteiger partial charge is 0.462 e. The molecule has 2 aromatic heterocycles. The first-order valence-electron chi connectivity index (χ1n) is 10.5. The molecule has 0 saturated carbocycles. The number of carbonyl (C=O) groups is 3. The number of hydrogen-bond donors (Lipinski definition) is 1. The Kier molecular flexibility index (Phi) is 8.04. The minimum atomic E-state index is -0.560. The van der Waals surface area contributed by atoms with Crippen molar-refractivity contribution in [3.05, 3.63) is 45.8 Å². The van der Waals surface area contributed by atoms with Crippen molar-refractivity contribution in [2.45, 2.75) is 46.3 Å². The Balaban J connectivity index is 1.78. The summed E-state index contributed by atoms with van der Waals surface area (Å²) in [4.78, 5) is 37.5. The van der Waals surface area contributed by atoms with Crippen LogP contribution in [0.5, 0.6) is 0 Å². The second-order valence-corrected chi connectivity index (χ2v) is 9.20. The topological polar surface area (TPSA) is 103 Å². The number of anilines is 1. The normalized spacial score (nSPS) is 10.8. The maximum absolute atomic E-state index is 12.7. The highest BCUT2D eigenvalue weighted by atomic mass is 32.2. The molecular formula is C23H26N4O4S2. The molecule has 33 heavy (non-hydrogen) atoms. The van der Waals surface area contributed by atoms with E-state index in [1.807, 2.05) is 42.7 Å². The van der Waals surface area contributed by atoms with Gasteiger partial charge in [-0.1, -0.05) is 36.0 Å². The fourth-order valence-electron chi connectivity index (χ4n) is 3.38. The SMILES string of the molecule is CCOC(=O)c1c(NC(=O)CSc2nnc(-c3ccccc3C)n2CC)sc(C(C)=O)c1C. The Morgan fingerprint density at radius 2 is 1.88 bits per heavy atom. The van der Waals surface area contributed by atoms with Crippen LogP contribution in [0.3, 0.4) is 0 Å². The van der Waals surface area contributed by atoms with Gasteiger partial charge < -0.3 is 14.6 Å². The average Bonchev–Trinajstić information content (AvgIpc) is 3.33. The van der Waals surface area contributed by atoms with Crippen molar-refractivity contribution < 1.29 is 19.1 Å². The summed E-state index contributed by atoms with van der Waals surface area (Å²) in [6, 6.07) is 7.94. The minimum Gasteiger partial charge on any atom is -0.462 e. The number of nitrogens with one attached hydrogen (secondary N) is 1. The summed E-state index contributed by atoms with van der Waals surface area (Å²) < 4.78 is 7.08. The van der Waals surface area contributed by atoms with Gasteiger partial charge in [0.05, 0.1) is 22.8 Å². The van der Waals surface area contributed by atoms with Crippen LogP contribution in [0.2, 0.25) is 0 Å². The van der Waals surface area contributed by atoms with Crippen molar-refractivity contribution in [3.8, 4) is 11.4 Å². The summed E-state index contributed by atoms with van der Waals surface area (Å²) in [6.45, 7) is 9.68. The first-order valence-corrected chi connectivity index (χ1v) is 12.3. The molecule has 0 aliphatic carbocycles. The molecule has 1 amide bonds. The zero-order valence-corrected chi connectivity index (χ0v) is 20.9. The molecule has 3 rings (SSSR count). The highest BCUT2D eigenvalue weighted by Gasteiger charge is 2.25. The monoisotopic (exact) mass is 486 g/mol. The Labute approximate surface area is 200 Å². The van der Waals surface area contributed by atoms with E-state index in [2.05, 4.69) is 15.5 Å². The molecule has 0 fully saturated rings. The summed E-state index contributed by atoms with van der Waals surface area (Å²) >= 11 is 2.35. The molecule has 0 spiro atoms. The van der Waals surface area contributed by atoms with Crippen molar-refractivity contribution in [1.29, 1.82) is 0 Å². The number of ether oxygens (including phenoxy) is 1. The van der Waals surface area contributed by atoms with E-state index in [1.165, 1.54) is 18.7 Å². The molecular weight excluding hydrogens is 460 g/mol. The molecule has 0 saturated heterocycles. The highest BCUT2D eigenvalue weighted by Crippen LogP contribution is 2.34. The number of nitrogens with zero attached hydrogens (tertiary/aromatic N) is 3. The summed E-state index contributed by atoms with van der Waals surface area (Å²) in [7, 11) is 0. The Hall–Kier alpha value is -2.98. The molecule has 0 unspecified atom stereocenters. The number of aryl methyl sites for hydroxylation is 1. The first-order chi connectivity index (χ1) is 15.8. The van der Waals surface area contributed by atoms with E-state index in [-0.39, 0.29) is 29.6 Å². The summed E-state index contributed by atoms with van der Waals surface area (Å²) in [5.74, 6) is -0.221. The van der Waals surface area contributed by atoms with Crippen molar-refractivity contribution in [2.75, 3.05) is 17.7 Å². The van der Waals surface area contributed by atoms with Crippen molar-refractivity contribution in [1.82, 2.24) is 14.8 Å². The number of rotatable bonds is 9. The van der Waals surface area contributed by atoms with Crippen molar-refractivity contribution >= 4 is 45.8 Å². The number of thioether (sulfide) groups is 1. The van der Waals surface area contributed by atoms with E-state index < -0.39 is 5.97 Å². The van der Waals surface area contributed by atoms with Gasteiger partial charge in [0.1, 0.15) is 5.00 Å². The third-order valence-corrected chi connectivity index (χ3v) is 7.23. The quantitative estimate of drug-likeness (QED) is 0.264. The number of amides is 1. The van der Waals surface area contributed by atoms with Crippen LogP contribution in [0.1, 0.15) is 51.9 Å². The van der Waals surface area contributed by atoms with Crippen LogP contribution < -0.4 is 5.32 Å². The van der Waals surface area contributed by atoms with Gasteiger partial charge in [0, 0.05) is 12.1 Å². The smallest absolute Gasteiger partial charge is 0.341 e. The maximum Gasteiger partial charge on any atom is 0.341 e. The van der Waals surface area contributed by atoms with Crippen molar-refractivity contribution in [3.63, 3.8) is 0 Å². The zero-order chi connectivity index (χ0) is 24.1. The second-order valence-electron chi connectivity index (χ2n) is 7.24. The van der Waals surface area contributed by atoms with E-state index in [0.29, 0.717) is 27.1 Å². The van der Waals surface area contributed by atoms with Crippen LogP contribution in [0, 0.1) is 13.8 Å². The van der Waals surface area contributed by atoms with E-state index in [0.717, 1.165) is 28.3 Å². The lowest BCUT2D eigenvalue weighted by atomic mass is 10.1. The fourth-order valence-corrected chi connectivity index (χ4v) is 5.29. The van der Waals surface area contributed by atoms with Crippen LogP contribution in [0.4, 0.5) is 5.00 Å². The number of aromatic nitrogens is 3. The van der Waals surface area contributed by atoms with Gasteiger partial charge in [-0.3, -0.25) is 9.59 Å². The predicted octanol–water partition coefficient (Wildman–Crippen LogP) is 4.75. The molecule has 0 radical (unpaired) electrons.